The molecule has 0 radical (unpaired) electrons. The van der Waals surface area contributed by atoms with E-state index in [0.29, 0.717) is 0 Å². The zero-order valence-electron chi connectivity index (χ0n) is 10.5. The third-order valence-corrected chi connectivity index (χ3v) is 5.74. The summed E-state index contributed by atoms with van der Waals surface area (Å²) in [6.07, 6.45) is 0. The van der Waals surface area contributed by atoms with Crippen molar-refractivity contribution in [3.05, 3.63) is 23.2 Å². The van der Waals surface area contributed by atoms with Gasteiger partial charge in [0.15, 0.2) is 4.34 Å². The molecule has 0 aliphatic carbocycles. The summed E-state index contributed by atoms with van der Waals surface area (Å²) in [6.45, 7) is 4.92. The van der Waals surface area contributed by atoms with E-state index in [2.05, 4.69) is 9.88 Å². The fourth-order valence-electron chi connectivity index (χ4n) is 2.04. The highest BCUT2D eigenvalue weighted by molar-refractivity contribution is 8.01. The zero-order chi connectivity index (χ0) is 13.1. The molecule has 19 heavy (non-hydrogen) atoms. The van der Waals surface area contributed by atoms with Crippen LogP contribution < -0.4 is 0 Å². The van der Waals surface area contributed by atoms with E-state index in [0.717, 1.165) is 58.2 Å². The SMILES string of the molecule is Clc1cccc2nc(SCCN3CCOCC3)sc12. The maximum absolute atomic E-state index is 6.17. The summed E-state index contributed by atoms with van der Waals surface area (Å²) in [6, 6.07) is 5.89. The molecule has 0 saturated carbocycles. The Morgan fingerprint density at radius 2 is 2.21 bits per heavy atom. The fraction of sp³-hybridized carbons (Fsp3) is 0.462. The van der Waals surface area contributed by atoms with Crippen LogP contribution in [0.15, 0.2) is 22.5 Å². The summed E-state index contributed by atoms with van der Waals surface area (Å²) >= 11 is 9.67. The second-order valence-electron chi connectivity index (χ2n) is 4.37. The highest BCUT2D eigenvalue weighted by Crippen LogP contribution is 2.33. The quantitative estimate of drug-likeness (QED) is 0.808. The van der Waals surface area contributed by atoms with Gasteiger partial charge in [0.25, 0.3) is 0 Å². The van der Waals surface area contributed by atoms with Crippen molar-refractivity contribution in [3.8, 4) is 0 Å². The third kappa shape index (κ3) is 3.41. The minimum atomic E-state index is 0.801. The highest BCUT2D eigenvalue weighted by Gasteiger charge is 2.11. The average molecular weight is 315 g/mol. The summed E-state index contributed by atoms with van der Waals surface area (Å²) in [5.41, 5.74) is 1.01. The van der Waals surface area contributed by atoms with Crippen LogP contribution in [-0.2, 0) is 4.74 Å². The highest BCUT2D eigenvalue weighted by atomic mass is 35.5. The van der Waals surface area contributed by atoms with Crippen LogP contribution in [0.2, 0.25) is 5.02 Å². The van der Waals surface area contributed by atoms with Crippen LogP contribution in [0.5, 0.6) is 0 Å². The molecular formula is C13H15ClN2OS2. The molecular weight excluding hydrogens is 300 g/mol. The van der Waals surface area contributed by atoms with Crippen molar-refractivity contribution in [1.82, 2.24) is 9.88 Å². The second-order valence-corrected chi connectivity index (χ2v) is 7.12. The molecule has 0 unspecified atom stereocenters. The third-order valence-electron chi connectivity index (χ3n) is 3.08. The summed E-state index contributed by atoms with van der Waals surface area (Å²) in [7, 11) is 0. The molecule has 1 aromatic carbocycles. The number of hydrogen-bond donors (Lipinski definition) is 0. The lowest BCUT2D eigenvalue weighted by Gasteiger charge is -2.26. The molecule has 6 heteroatoms. The molecule has 1 aromatic heterocycles. The van der Waals surface area contributed by atoms with E-state index in [-0.39, 0.29) is 0 Å². The minimum absolute atomic E-state index is 0.801. The Morgan fingerprint density at radius 1 is 1.37 bits per heavy atom. The summed E-state index contributed by atoms with van der Waals surface area (Å²) in [4.78, 5) is 7.05. The molecule has 0 atom stereocenters. The average Bonchev–Trinajstić information content (AvgIpc) is 2.84. The number of ether oxygens (including phenoxy) is 1. The van der Waals surface area contributed by atoms with E-state index in [1.165, 1.54) is 0 Å². The second kappa shape index (κ2) is 6.41. The van der Waals surface area contributed by atoms with E-state index >= 15 is 0 Å². The van der Waals surface area contributed by atoms with Crippen molar-refractivity contribution in [3.63, 3.8) is 0 Å². The summed E-state index contributed by atoms with van der Waals surface area (Å²) < 4.78 is 7.55. The van der Waals surface area contributed by atoms with Crippen molar-refractivity contribution in [2.45, 2.75) is 4.34 Å². The molecule has 0 spiro atoms. The maximum Gasteiger partial charge on any atom is 0.151 e. The predicted molar refractivity (Wildman–Crippen MR) is 82.6 cm³/mol. The number of thiazole rings is 1. The van der Waals surface area contributed by atoms with Crippen molar-refractivity contribution in [1.29, 1.82) is 0 Å². The van der Waals surface area contributed by atoms with Crippen LogP contribution in [0.3, 0.4) is 0 Å². The van der Waals surface area contributed by atoms with Gasteiger partial charge < -0.3 is 4.74 Å². The number of aromatic nitrogens is 1. The number of halogens is 1. The number of rotatable bonds is 4. The Morgan fingerprint density at radius 3 is 3.00 bits per heavy atom. The number of nitrogens with zero attached hydrogens (tertiary/aromatic N) is 2. The molecule has 1 aliphatic rings. The molecule has 2 heterocycles. The Hall–Kier alpha value is -0.330. The van der Waals surface area contributed by atoms with Crippen LogP contribution >= 0.6 is 34.7 Å². The molecule has 1 saturated heterocycles. The Labute approximate surface area is 125 Å². The lowest BCUT2D eigenvalue weighted by Crippen LogP contribution is -2.37. The number of benzene rings is 1. The van der Waals surface area contributed by atoms with Crippen LogP contribution in [0.1, 0.15) is 0 Å². The molecule has 2 aromatic rings. The number of hydrogen-bond acceptors (Lipinski definition) is 5. The van der Waals surface area contributed by atoms with Gasteiger partial charge in [0.05, 0.1) is 28.5 Å². The van der Waals surface area contributed by atoms with E-state index in [1.54, 1.807) is 11.3 Å². The molecule has 3 rings (SSSR count). The van der Waals surface area contributed by atoms with E-state index in [4.69, 9.17) is 16.3 Å². The van der Waals surface area contributed by atoms with Gasteiger partial charge in [-0.3, -0.25) is 4.90 Å². The molecule has 0 amide bonds. The van der Waals surface area contributed by atoms with Gasteiger partial charge in [-0.25, -0.2) is 4.98 Å². The van der Waals surface area contributed by atoms with Crippen LogP contribution in [0.25, 0.3) is 10.2 Å². The van der Waals surface area contributed by atoms with Gasteiger partial charge in [0.2, 0.25) is 0 Å². The Balaban J connectivity index is 1.57. The Kier molecular flexibility index (Phi) is 4.61. The minimum Gasteiger partial charge on any atom is -0.379 e. The van der Waals surface area contributed by atoms with Crippen LogP contribution in [0.4, 0.5) is 0 Å². The van der Waals surface area contributed by atoms with Crippen molar-refractivity contribution in [2.75, 3.05) is 38.6 Å². The standard InChI is InChI=1S/C13H15ClN2OS2/c14-10-2-1-3-11-12(10)19-13(15-11)18-9-6-16-4-7-17-8-5-16/h1-3H,4-9H2. The number of fused-ring (bicyclic) bond motifs is 1. The van der Waals surface area contributed by atoms with Gasteiger partial charge in [-0.1, -0.05) is 29.4 Å². The summed E-state index contributed by atoms with van der Waals surface area (Å²) in [5.74, 6) is 1.07. The van der Waals surface area contributed by atoms with Crippen molar-refractivity contribution < 1.29 is 4.74 Å². The molecule has 0 N–H and O–H groups in total. The maximum atomic E-state index is 6.17. The topological polar surface area (TPSA) is 25.4 Å². The monoisotopic (exact) mass is 314 g/mol. The van der Waals surface area contributed by atoms with E-state index < -0.39 is 0 Å². The van der Waals surface area contributed by atoms with Gasteiger partial charge in [0, 0.05) is 25.4 Å². The molecule has 1 fully saturated rings. The fourth-order valence-corrected chi connectivity index (χ4v) is 4.45. The van der Waals surface area contributed by atoms with Gasteiger partial charge in [-0.05, 0) is 12.1 Å². The van der Waals surface area contributed by atoms with Crippen LogP contribution in [-0.4, -0.2) is 48.5 Å². The first kappa shape index (κ1) is 13.6. The zero-order valence-corrected chi connectivity index (χ0v) is 12.9. The predicted octanol–water partition coefficient (Wildman–Crippen LogP) is 3.37. The first-order valence-corrected chi connectivity index (χ1v) is 8.49. The van der Waals surface area contributed by atoms with Crippen molar-refractivity contribution in [2.24, 2.45) is 0 Å². The molecule has 102 valence electrons. The Bertz CT molecular complexity index is 555. The largest absolute Gasteiger partial charge is 0.379 e. The van der Waals surface area contributed by atoms with Gasteiger partial charge in [-0.15, -0.1) is 11.3 Å². The normalized spacial score (nSPS) is 17.1. The first-order chi connectivity index (χ1) is 9.33. The van der Waals surface area contributed by atoms with Gasteiger partial charge >= 0.3 is 0 Å². The molecule has 0 bridgehead atoms. The molecule has 1 aliphatic heterocycles. The lowest BCUT2D eigenvalue weighted by molar-refractivity contribution is 0.0410. The summed E-state index contributed by atoms with van der Waals surface area (Å²) in [5, 5.41) is 0.801. The smallest absolute Gasteiger partial charge is 0.151 e. The van der Waals surface area contributed by atoms with Gasteiger partial charge in [-0.2, -0.15) is 0 Å². The molecule has 3 nitrogen and oxygen atoms in total. The number of thioether (sulfide) groups is 1. The lowest BCUT2D eigenvalue weighted by atomic mass is 10.3. The van der Waals surface area contributed by atoms with E-state index in [9.17, 15) is 0 Å². The van der Waals surface area contributed by atoms with Gasteiger partial charge in [0.1, 0.15) is 0 Å². The van der Waals surface area contributed by atoms with E-state index in [1.807, 2.05) is 30.0 Å². The van der Waals surface area contributed by atoms with Crippen molar-refractivity contribution >= 4 is 44.9 Å². The number of morpholine rings is 1. The first-order valence-electron chi connectivity index (χ1n) is 6.31. The van der Waals surface area contributed by atoms with Crippen LogP contribution in [0, 0.1) is 0 Å².